The van der Waals surface area contributed by atoms with Crippen molar-refractivity contribution < 1.29 is 4.39 Å². The summed E-state index contributed by atoms with van der Waals surface area (Å²) in [5.41, 5.74) is 2.04. The van der Waals surface area contributed by atoms with Crippen molar-refractivity contribution in [3.8, 4) is 5.69 Å². The summed E-state index contributed by atoms with van der Waals surface area (Å²) >= 11 is -2.45. The van der Waals surface area contributed by atoms with Crippen molar-refractivity contribution in [2.24, 2.45) is 0 Å². The van der Waals surface area contributed by atoms with E-state index in [4.69, 9.17) is 4.98 Å². The van der Waals surface area contributed by atoms with Crippen LogP contribution in [0.2, 0.25) is 13.3 Å². The molecule has 0 bridgehead atoms. The Morgan fingerprint density at radius 3 is 1.94 bits per heavy atom. The van der Waals surface area contributed by atoms with Gasteiger partial charge in [-0.25, -0.2) is 4.39 Å². The van der Waals surface area contributed by atoms with Gasteiger partial charge in [0.05, 0.1) is 6.20 Å². The van der Waals surface area contributed by atoms with Crippen molar-refractivity contribution in [2.75, 3.05) is 11.9 Å². The second kappa shape index (κ2) is 13.4. The molecule has 6 heteroatoms. The van der Waals surface area contributed by atoms with Gasteiger partial charge in [-0.2, -0.15) is 0 Å². The average Bonchev–Trinajstić information content (AvgIpc) is 3.34. The van der Waals surface area contributed by atoms with Crippen LogP contribution in [0.25, 0.3) is 5.69 Å². The van der Waals surface area contributed by atoms with E-state index in [-0.39, 0.29) is 11.9 Å². The Labute approximate surface area is 215 Å². The number of unbranched alkanes of at least 4 members (excludes halogenated alkanes) is 3. The molecule has 3 rings (SSSR count). The molecule has 0 aliphatic rings. The Kier molecular flexibility index (Phi) is 10.6. The molecular formula is C29H43FN4Sn. The first kappa shape index (κ1) is 27.7. The van der Waals surface area contributed by atoms with E-state index in [1.807, 2.05) is 12.1 Å². The van der Waals surface area contributed by atoms with Crippen LogP contribution in [0.3, 0.4) is 0 Å². The van der Waals surface area contributed by atoms with Gasteiger partial charge in [-0.05, 0) is 0 Å². The maximum absolute atomic E-state index is 13.3. The first-order valence-electron chi connectivity index (χ1n) is 13.4. The minimum absolute atomic E-state index is 0.172. The zero-order chi connectivity index (χ0) is 25.3. The van der Waals surface area contributed by atoms with E-state index in [1.165, 1.54) is 69.8 Å². The van der Waals surface area contributed by atoms with E-state index in [0.29, 0.717) is 0 Å². The molecule has 0 spiro atoms. The first-order chi connectivity index (χ1) is 16.9. The van der Waals surface area contributed by atoms with Crippen molar-refractivity contribution >= 4 is 27.8 Å². The Balaban J connectivity index is 1.78. The van der Waals surface area contributed by atoms with E-state index in [9.17, 15) is 4.39 Å². The summed E-state index contributed by atoms with van der Waals surface area (Å²) in [5.74, 6) is 0.686. The van der Waals surface area contributed by atoms with Crippen LogP contribution in [0, 0.1) is 5.82 Å². The molecule has 0 fully saturated rings. The van der Waals surface area contributed by atoms with Crippen LogP contribution in [0.15, 0.2) is 55.0 Å². The third-order valence-electron chi connectivity index (χ3n) is 7.52. The van der Waals surface area contributed by atoms with Crippen LogP contribution in [-0.2, 0) is 0 Å². The van der Waals surface area contributed by atoms with Crippen LogP contribution in [0.5, 0.6) is 0 Å². The normalized spacial score (nSPS) is 12.6. The van der Waals surface area contributed by atoms with Gasteiger partial charge in [0.1, 0.15) is 0 Å². The van der Waals surface area contributed by atoms with Gasteiger partial charge in [-0.3, -0.25) is 0 Å². The Morgan fingerprint density at radius 2 is 1.49 bits per heavy atom. The number of rotatable bonds is 14. The van der Waals surface area contributed by atoms with Gasteiger partial charge in [0.25, 0.3) is 0 Å². The molecule has 2 heterocycles. The molecule has 0 amide bonds. The summed E-state index contributed by atoms with van der Waals surface area (Å²) in [5, 5.41) is 4.05. The van der Waals surface area contributed by atoms with Gasteiger partial charge in [0, 0.05) is 0 Å². The van der Waals surface area contributed by atoms with E-state index in [0.717, 1.165) is 11.5 Å². The predicted molar refractivity (Wildman–Crippen MR) is 149 cm³/mol. The zero-order valence-corrected chi connectivity index (χ0v) is 25.2. The molecule has 0 aliphatic carbocycles. The zero-order valence-electron chi connectivity index (χ0n) is 22.3. The fourth-order valence-electron chi connectivity index (χ4n) is 5.03. The molecule has 1 aromatic carbocycles. The molecule has 2 aromatic heterocycles. The summed E-state index contributed by atoms with van der Waals surface area (Å²) in [6.45, 7) is 9.18. The van der Waals surface area contributed by atoms with Crippen LogP contribution >= 0.6 is 0 Å². The van der Waals surface area contributed by atoms with Crippen molar-refractivity contribution in [2.45, 2.75) is 85.6 Å². The quantitative estimate of drug-likeness (QED) is 0.182. The van der Waals surface area contributed by atoms with Gasteiger partial charge in [-0.1, -0.05) is 0 Å². The molecule has 0 saturated heterocycles. The maximum atomic E-state index is 13.3. The standard InChI is InChI=1S/C17H16FN4.3C4H9.Sn/c1-13(21(2)17-5-3-4-10-19-17)14-6-8-16(9-7-14)22-12-15(18)11-20-22;3*1-3-4-2;/h3,5-13H,1-2H3;3*1,3-4H2,2H3;/t13-;;;;/m0..../s1. The first-order valence-corrected chi connectivity index (χ1v) is 20.9. The molecule has 35 heavy (non-hydrogen) atoms. The fraction of sp³-hybridized carbons (Fsp3) is 0.517. The SMILES string of the molecule is CCC[CH2][Sn]([CH2]CCC)([CH2]CCC)[c]1ccc(N(C)[C@@H](C)c2ccc(-n3cc(F)cn3)cc2)nc1. The van der Waals surface area contributed by atoms with E-state index >= 15 is 0 Å². The molecule has 0 radical (unpaired) electrons. The van der Waals surface area contributed by atoms with Crippen molar-refractivity contribution in [3.05, 3.63) is 66.4 Å². The van der Waals surface area contributed by atoms with Crippen LogP contribution < -0.4 is 8.48 Å². The number of hydrogen-bond acceptors (Lipinski definition) is 3. The van der Waals surface area contributed by atoms with Crippen molar-refractivity contribution in [1.82, 2.24) is 14.8 Å². The topological polar surface area (TPSA) is 34.0 Å². The number of hydrogen-bond donors (Lipinski definition) is 0. The Bertz CT molecular complexity index is 994. The van der Waals surface area contributed by atoms with Crippen LogP contribution in [0.1, 0.15) is 77.8 Å². The molecule has 1 atom stereocenters. The van der Waals surface area contributed by atoms with E-state index in [1.54, 1.807) is 8.26 Å². The number of anilines is 1. The van der Waals surface area contributed by atoms with E-state index < -0.39 is 18.4 Å². The monoisotopic (exact) mass is 586 g/mol. The minimum atomic E-state index is -2.45. The van der Waals surface area contributed by atoms with Gasteiger partial charge >= 0.3 is 200 Å². The summed E-state index contributed by atoms with van der Waals surface area (Å²) in [4.78, 5) is 7.25. The van der Waals surface area contributed by atoms with Crippen LogP contribution in [0.4, 0.5) is 10.2 Å². The van der Waals surface area contributed by atoms with Gasteiger partial charge in [0.15, 0.2) is 5.82 Å². The number of nitrogens with zero attached hydrogens (tertiary/aromatic N) is 4. The number of aromatic nitrogens is 3. The van der Waals surface area contributed by atoms with E-state index in [2.05, 4.69) is 75.2 Å². The fourth-order valence-corrected chi connectivity index (χ4v) is 20.7. The summed E-state index contributed by atoms with van der Waals surface area (Å²) < 4.78 is 20.9. The second-order valence-corrected chi connectivity index (χ2v) is 23.2. The number of benzene rings is 1. The van der Waals surface area contributed by atoms with Crippen molar-refractivity contribution in [1.29, 1.82) is 0 Å². The molecule has 0 saturated carbocycles. The molecule has 0 unspecified atom stereocenters. The van der Waals surface area contributed by atoms with Gasteiger partial charge < -0.3 is 0 Å². The number of pyridine rings is 1. The molecule has 0 aliphatic heterocycles. The average molecular weight is 585 g/mol. The van der Waals surface area contributed by atoms with Gasteiger partial charge in [0.2, 0.25) is 0 Å². The Hall–Kier alpha value is -1.89. The second-order valence-electron chi connectivity index (χ2n) is 9.98. The number of halogens is 1. The molecular weight excluding hydrogens is 542 g/mol. The molecule has 3 aromatic rings. The summed E-state index contributed by atoms with van der Waals surface area (Å²) in [6, 6.07) is 13.0. The summed E-state index contributed by atoms with van der Waals surface area (Å²) in [6.07, 6.45) is 12.8. The van der Waals surface area contributed by atoms with Crippen molar-refractivity contribution in [3.63, 3.8) is 0 Å². The molecule has 0 N–H and O–H groups in total. The summed E-state index contributed by atoms with van der Waals surface area (Å²) in [7, 11) is 2.12. The van der Waals surface area contributed by atoms with Crippen LogP contribution in [-0.4, -0.2) is 40.2 Å². The van der Waals surface area contributed by atoms with Gasteiger partial charge in [-0.15, -0.1) is 0 Å². The molecule has 4 nitrogen and oxygen atoms in total. The third kappa shape index (κ3) is 7.08. The third-order valence-corrected chi connectivity index (χ3v) is 23.1. The Morgan fingerprint density at radius 1 is 0.886 bits per heavy atom. The predicted octanol–water partition coefficient (Wildman–Crippen LogP) is 7.66. The molecule has 190 valence electrons.